The zero-order valence-corrected chi connectivity index (χ0v) is 10.5. The maximum absolute atomic E-state index is 5.79. The van der Waals surface area contributed by atoms with Crippen molar-refractivity contribution in [2.75, 3.05) is 6.16 Å². The van der Waals surface area contributed by atoms with Gasteiger partial charge < -0.3 is 0 Å². The van der Waals surface area contributed by atoms with E-state index in [9.17, 15) is 0 Å². The Hall–Kier alpha value is 1.46. The van der Waals surface area contributed by atoms with Crippen LogP contribution in [0.3, 0.4) is 0 Å². The molecule has 0 aromatic carbocycles. The Labute approximate surface area is 82.1 Å². The molecule has 3 nitrogen and oxygen atoms in total. The first-order valence-corrected chi connectivity index (χ1v) is 9.96. The third-order valence-electron chi connectivity index (χ3n) is 0.899. The second kappa shape index (κ2) is 4.11. The van der Waals surface area contributed by atoms with E-state index in [2.05, 4.69) is 13.9 Å². The van der Waals surface area contributed by atoms with Gasteiger partial charge in [-0.1, -0.05) is 0 Å². The van der Waals surface area contributed by atoms with Crippen LogP contribution in [0.5, 0.6) is 0 Å². The van der Waals surface area contributed by atoms with E-state index in [1.54, 1.807) is 0 Å². The van der Waals surface area contributed by atoms with Gasteiger partial charge in [-0.3, -0.25) is 0 Å². The Kier molecular flexibility index (Phi) is 3.94. The van der Waals surface area contributed by atoms with E-state index >= 15 is 0 Å². The fourth-order valence-corrected chi connectivity index (χ4v) is 10.6. The average molecular weight is 271 g/mol. The molecule has 0 saturated carbocycles. The minimum Gasteiger partial charge on any atom is -0.0202 e. The van der Waals surface area contributed by atoms with Crippen LogP contribution in [0.25, 0.3) is 0 Å². The molecule has 0 radical (unpaired) electrons. The second-order valence-electron chi connectivity index (χ2n) is 1.71. The topological polar surface area (TPSA) is 36.8 Å². The molecule has 0 spiro atoms. The SMILES string of the molecule is CC[P+]1=N[P+](Cl)(Cl)N=[P+](Cl)N1. The Morgan fingerprint density at radius 3 is 2.55 bits per heavy atom. The first-order chi connectivity index (χ1) is 5.03. The molecule has 0 bridgehead atoms. The van der Waals surface area contributed by atoms with Gasteiger partial charge in [-0.2, -0.15) is 0 Å². The monoisotopic (exact) mass is 270 g/mol. The van der Waals surface area contributed by atoms with Gasteiger partial charge in [-0.25, -0.2) is 0 Å². The van der Waals surface area contributed by atoms with E-state index in [1.165, 1.54) is 0 Å². The molecular formula is C2H6Cl3N3P3+3. The smallest absolute Gasteiger partial charge is 0.0202 e. The van der Waals surface area contributed by atoms with E-state index in [4.69, 9.17) is 33.7 Å². The Morgan fingerprint density at radius 1 is 1.45 bits per heavy atom. The van der Waals surface area contributed by atoms with Crippen molar-refractivity contribution in [2.24, 2.45) is 9.03 Å². The van der Waals surface area contributed by atoms with Gasteiger partial charge in [0.1, 0.15) is 4.52 Å². The highest BCUT2D eigenvalue weighted by Gasteiger charge is 2.54. The van der Waals surface area contributed by atoms with Crippen molar-refractivity contribution in [3.8, 4) is 0 Å². The van der Waals surface area contributed by atoms with Crippen molar-refractivity contribution in [1.82, 2.24) is 4.86 Å². The summed E-state index contributed by atoms with van der Waals surface area (Å²) in [5.74, 6) is 0. The summed E-state index contributed by atoms with van der Waals surface area (Å²) in [7, 11) is -1.69. The molecule has 0 aromatic heterocycles. The molecule has 0 amide bonds. The summed E-state index contributed by atoms with van der Waals surface area (Å²) in [5.41, 5.74) is 0. The maximum atomic E-state index is 5.79. The summed E-state index contributed by atoms with van der Waals surface area (Å²) < 4.78 is 8.07. The number of halogens is 3. The molecule has 1 aliphatic heterocycles. The van der Waals surface area contributed by atoms with Gasteiger partial charge in [-0.05, 0) is 6.92 Å². The summed E-state index contributed by atoms with van der Waals surface area (Å²) in [6.07, 6.45) is -1.51. The molecule has 0 aromatic rings. The Balaban J connectivity index is 2.84. The number of rotatable bonds is 1. The largest absolute Gasteiger partial charge is 0.540 e. The van der Waals surface area contributed by atoms with E-state index in [0.717, 1.165) is 6.16 Å². The molecule has 11 heavy (non-hydrogen) atoms. The first kappa shape index (κ1) is 10.5. The molecule has 2 atom stereocenters. The van der Waals surface area contributed by atoms with Crippen LogP contribution in [-0.4, -0.2) is 6.16 Å². The predicted molar refractivity (Wildman–Crippen MR) is 56.9 cm³/mol. The minimum atomic E-state index is -2.41. The van der Waals surface area contributed by atoms with Crippen molar-refractivity contribution in [2.45, 2.75) is 6.92 Å². The lowest BCUT2D eigenvalue weighted by Crippen LogP contribution is -1.90. The molecule has 0 aliphatic carbocycles. The van der Waals surface area contributed by atoms with Crippen LogP contribution in [0, 0.1) is 0 Å². The van der Waals surface area contributed by atoms with Gasteiger partial charge >= 0.3 is 21.4 Å². The Bertz CT molecular complexity index is 226. The number of hydrogen-bond donors (Lipinski definition) is 1. The number of nitrogens with zero attached hydrogens (tertiary/aromatic N) is 2. The van der Waals surface area contributed by atoms with Crippen LogP contribution >= 0.6 is 55.1 Å². The van der Waals surface area contributed by atoms with Crippen molar-refractivity contribution < 1.29 is 0 Å². The lowest BCUT2D eigenvalue weighted by atomic mass is 11.0. The molecule has 0 saturated heterocycles. The van der Waals surface area contributed by atoms with Crippen molar-refractivity contribution in [3.05, 3.63) is 0 Å². The molecular weight excluding hydrogens is 265 g/mol. The molecule has 2 unspecified atom stereocenters. The van der Waals surface area contributed by atoms with Crippen LogP contribution in [0.15, 0.2) is 9.03 Å². The summed E-state index contributed by atoms with van der Waals surface area (Å²) in [5, 5.41) is 0. The fraction of sp³-hybridized carbons (Fsp3) is 1.00. The van der Waals surface area contributed by atoms with Crippen LogP contribution in [0.1, 0.15) is 6.92 Å². The molecule has 9 heteroatoms. The van der Waals surface area contributed by atoms with Crippen molar-refractivity contribution in [1.29, 1.82) is 0 Å². The fourth-order valence-electron chi connectivity index (χ4n) is 0.511. The van der Waals surface area contributed by atoms with Crippen molar-refractivity contribution in [3.63, 3.8) is 0 Å². The highest BCUT2D eigenvalue weighted by atomic mass is 35.9. The van der Waals surface area contributed by atoms with E-state index in [-0.39, 0.29) is 0 Å². The second-order valence-corrected chi connectivity index (χ2v) is 11.1. The van der Waals surface area contributed by atoms with Crippen molar-refractivity contribution >= 4 is 55.1 Å². The van der Waals surface area contributed by atoms with Gasteiger partial charge in [0.05, 0.1) is 4.86 Å². The Morgan fingerprint density at radius 2 is 2.09 bits per heavy atom. The first-order valence-electron chi connectivity index (χ1n) is 2.78. The van der Waals surface area contributed by atoms with Crippen LogP contribution in [-0.2, 0) is 0 Å². The third-order valence-corrected chi connectivity index (χ3v) is 10.0. The quantitative estimate of drug-likeness (QED) is 0.663. The van der Waals surface area contributed by atoms with Gasteiger partial charge in [0.25, 0.3) is 0 Å². The van der Waals surface area contributed by atoms with E-state index in [1.807, 2.05) is 6.92 Å². The van der Waals surface area contributed by atoms with Gasteiger partial charge in [0.15, 0.2) is 33.2 Å². The van der Waals surface area contributed by atoms with Gasteiger partial charge in [0, 0.05) is 0 Å². The molecule has 1 N–H and O–H groups in total. The van der Waals surface area contributed by atoms with Gasteiger partial charge in [-0.15, -0.1) is 0 Å². The average Bonchev–Trinajstić information content (AvgIpc) is 1.83. The molecule has 1 heterocycles. The maximum Gasteiger partial charge on any atom is 0.540 e. The minimum absolute atomic E-state index is 0.633. The summed E-state index contributed by atoms with van der Waals surface area (Å²) in [6, 6.07) is 0. The summed E-state index contributed by atoms with van der Waals surface area (Å²) in [6.45, 7) is 2.02. The summed E-state index contributed by atoms with van der Waals surface area (Å²) in [4.78, 5) is 3.04. The molecule has 62 valence electrons. The van der Waals surface area contributed by atoms with Crippen LogP contribution in [0.2, 0.25) is 0 Å². The highest BCUT2D eigenvalue weighted by molar-refractivity contribution is 8.19. The normalized spacial score (nSPS) is 29.1. The molecule has 1 aliphatic rings. The zero-order valence-electron chi connectivity index (χ0n) is 5.58. The number of nitrogens with one attached hydrogen (secondary N) is 1. The lowest BCUT2D eigenvalue weighted by molar-refractivity contribution is 1.44. The molecule has 1 rings (SSSR count). The standard InChI is InChI=1S/C2H6Cl3N3P3/c1-2-9-6-10(3)8-11(4,5)7-9/h2H2,1H3,(H,6,7,8)/q+3. The summed E-state index contributed by atoms with van der Waals surface area (Å²) >= 11 is 17.4. The lowest BCUT2D eigenvalue weighted by Gasteiger charge is -1.89. The predicted octanol–water partition coefficient (Wildman–Crippen LogP) is 5.08. The van der Waals surface area contributed by atoms with E-state index in [0.29, 0.717) is 0 Å². The van der Waals surface area contributed by atoms with Crippen LogP contribution < -0.4 is 4.86 Å². The number of hydrogen-bond acceptors (Lipinski definition) is 3. The van der Waals surface area contributed by atoms with E-state index < -0.39 is 21.4 Å². The van der Waals surface area contributed by atoms with Gasteiger partial charge in [0.2, 0.25) is 11.2 Å². The van der Waals surface area contributed by atoms with Crippen LogP contribution in [0.4, 0.5) is 0 Å². The molecule has 0 fully saturated rings. The highest BCUT2D eigenvalue weighted by Crippen LogP contribution is 2.79. The zero-order chi connectivity index (χ0) is 8.48. The third kappa shape index (κ3) is 3.36.